The van der Waals surface area contributed by atoms with Gasteiger partial charge in [-0.2, -0.15) is 0 Å². The molecule has 0 amide bonds. The Kier molecular flexibility index (Phi) is 6.78. The molecule has 0 radical (unpaired) electrons. The van der Waals surface area contributed by atoms with Crippen molar-refractivity contribution in [3.8, 4) is 11.4 Å². The second kappa shape index (κ2) is 9.70. The Balaban J connectivity index is 1.83. The fourth-order valence-corrected chi connectivity index (χ4v) is 2.69. The van der Waals surface area contributed by atoms with E-state index in [2.05, 4.69) is 32.8 Å². The summed E-state index contributed by atoms with van der Waals surface area (Å²) in [5, 5.41) is 13.1. The van der Waals surface area contributed by atoms with Crippen molar-refractivity contribution >= 4 is 11.6 Å². The molecule has 27 heavy (non-hydrogen) atoms. The summed E-state index contributed by atoms with van der Waals surface area (Å²) in [6.45, 7) is 7.62. The highest BCUT2D eigenvalue weighted by molar-refractivity contribution is 5.62. The van der Waals surface area contributed by atoms with E-state index in [1.807, 2.05) is 49.4 Å². The molecule has 0 aliphatic carbocycles. The van der Waals surface area contributed by atoms with E-state index in [4.69, 9.17) is 9.72 Å². The molecule has 142 valence electrons. The van der Waals surface area contributed by atoms with E-state index in [1.165, 1.54) is 0 Å². The van der Waals surface area contributed by atoms with Crippen LogP contribution in [0.3, 0.4) is 0 Å². The van der Waals surface area contributed by atoms with Crippen LogP contribution in [-0.4, -0.2) is 36.0 Å². The number of nitrogens with one attached hydrogen (secondary N) is 4. The van der Waals surface area contributed by atoms with Crippen LogP contribution in [0.1, 0.15) is 13.3 Å². The van der Waals surface area contributed by atoms with Crippen LogP contribution in [0.2, 0.25) is 0 Å². The molecular formula is C20H26N6O. The van der Waals surface area contributed by atoms with Crippen LogP contribution in [0.5, 0.6) is 0 Å². The second-order valence-electron chi connectivity index (χ2n) is 6.19. The summed E-state index contributed by atoms with van der Waals surface area (Å²) in [4.78, 5) is 9.37. The number of nitrogens with zero attached hydrogens (tertiary/aromatic N) is 2. The van der Waals surface area contributed by atoms with Crippen molar-refractivity contribution in [2.45, 2.75) is 19.5 Å². The molecule has 1 aromatic heterocycles. The smallest absolute Gasteiger partial charge is 0.163 e. The molecule has 3 rings (SSSR count). The van der Waals surface area contributed by atoms with Crippen LogP contribution < -0.4 is 21.3 Å². The molecule has 1 atom stereocenters. The molecule has 2 heterocycles. The Morgan fingerprint density at radius 3 is 2.85 bits per heavy atom. The molecule has 7 nitrogen and oxygen atoms in total. The first-order chi connectivity index (χ1) is 13.2. The lowest BCUT2D eigenvalue weighted by Gasteiger charge is -2.25. The molecule has 0 saturated carbocycles. The number of allylic oxidation sites excluding steroid dienone is 1. The average molecular weight is 366 g/mol. The van der Waals surface area contributed by atoms with Crippen molar-refractivity contribution in [2.24, 2.45) is 0 Å². The number of hydrogen-bond donors (Lipinski definition) is 4. The fourth-order valence-electron chi connectivity index (χ4n) is 2.69. The van der Waals surface area contributed by atoms with E-state index in [1.54, 1.807) is 6.20 Å². The minimum Gasteiger partial charge on any atom is -0.388 e. The third-order valence-electron chi connectivity index (χ3n) is 4.06. The SMILES string of the molecule is C=CNC/C=C(\C)Nc1cc(NC2CCOCN2)nc(-c2ccccc2)n1. The summed E-state index contributed by atoms with van der Waals surface area (Å²) in [5.74, 6) is 2.18. The van der Waals surface area contributed by atoms with Gasteiger partial charge in [0.05, 0.1) is 19.5 Å². The van der Waals surface area contributed by atoms with Gasteiger partial charge < -0.3 is 20.7 Å². The highest BCUT2D eigenvalue weighted by atomic mass is 16.5. The zero-order valence-corrected chi connectivity index (χ0v) is 15.5. The van der Waals surface area contributed by atoms with E-state index >= 15 is 0 Å². The standard InChI is InChI=1S/C20H26N6O/c1-3-21-11-9-15(2)23-18-13-19(24-17-10-12-27-14-22-17)26-20(25-18)16-7-5-4-6-8-16/h3-9,13,17,21-22H,1,10-12,14H2,2H3,(H2,23,24,25,26)/b15-9+. The molecule has 2 aromatic rings. The van der Waals surface area contributed by atoms with Gasteiger partial charge in [0.2, 0.25) is 0 Å². The van der Waals surface area contributed by atoms with Crippen LogP contribution in [0.4, 0.5) is 11.6 Å². The van der Waals surface area contributed by atoms with Gasteiger partial charge in [-0.25, -0.2) is 9.97 Å². The largest absolute Gasteiger partial charge is 0.388 e. The summed E-state index contributed by atoms with van der Waals surface area (Å²) < 4.78 is 5.34. The topological polar surface area (TPSA) is 83.1 Å². The third kappa shape index (κ3) is 5.80. The van der Waals surface area contributed by atoms with Gasteiger partial charge >= 0.3 is 0 Å². The number of hydrogen-bond acceptors (Lipinski definition) is 7. The maximum atomic E-state index is 5.34. The summed E-state index contributed by atoms with van der Waals surface area (Å²) >= 11 is 0. The van der Waals surface area contributed by atoms with E-state index in [9.17, 15) is 0 Å². The van der Waals surface area contributed by atoms with Gasteiger partial charge in [0.25, 0.3) is 0 Å². The number of benzene rings is 1. The molecule has 7 heteroatoms. The lowest BCUT2D eigenvalue weighted by atomic mass is 10.2. The third-order valence-corrected chi connectivity index (χ3v) is 4.06. The number of ether oxygens (including phenoxy) is 1. The van der Waals surface area contributed by atoms with E-state index < -0.39 is 0 Å². The molecule has 0 spiro atoms. The Morgan fingerprint density at radius 2 is 2.11 bits per heavy atom. The average Bonchev–Trinajstić information content (AvgIpc) is 2.69. The molecule has 1 saturated heterocycles. The molecule has 1 fully saturated rings. The van der Waals surface area contributed by atoms with Crippen molar-refractivity contribution in [1.82, 2.24) is 20.6 Å². The van der Waals surface area contributed by atoms with Crippen LogP contribution in [0.15, 0.2) is 61.0 Å². The summed E-state index contributed by atoms with van der Waals surface area (Å²) in [7, 11) is 0. The van der Waals surface area contributed by atoms with Gasteiger partial charge in [-0.05, 0) is 19.2 Å². The Hall–Kier alpha value is -2.90. The maximum Gasteiger partial charge on any atom is 0.163 e. The molecule has 1 aromatic carbocycles. The number of rotatable bonds is 8. The molecule has 1 aliphatic rings. The fraction of sp³-hybridized carbons (Fsp3) is 0.300. The zero-order valence-electron chi connectivity index (χ0n) is 15.5. The van der Waals surface area contributed by atoms with Crippen molar-refractivity contribution in [2.75, 3.05) is 30.5 Å². The predicted molar refractivity (Wildman–Crippen MR) is 109 cm³/mol. The van der Waals surface area contributed by atoms with Crippen LogP contribution in [-0.2, 0) is 4.74 Å². The van der Waals surface area contributed by atoms with Crippen molar-refractivity contribution < 1.29 is 4.74 Å². The molecule has 1 aliphatic heterocycles. The summed E-state index contributed by atoms with van der Waals surface area (Å²) in [5.41, 5.74) is 1.97. The highest BCUT2D eigenvalue weighted by Crippen LogP contribution is 2.21. The monoisotopic (exact) mass is 366 g/mol. The minimum atomic E-state index is 0.124. The first-order valence-electron chi connectivity index (χ1n) is 9.05. The molecular weight excluding hydrogens is 340 g/mol. The van der Waals surface area contributed by atoms with Gasteiger partial charge in [-0.1, -0.05) is 36.9 Å². The second-order valence-corrected chi connectivity index (χ2v) is 6.19. The zero-order chi connectivity index (χ0) is 18.9. The van der Waals surface area contributed by atoms with E-state index in [0.29, 0.717) is 19.1 Å². The predicted octanol–water partition coefficient (Wildman–Crippen LogP) is 2.90. The van der Waals surface area contributed by atoms with Gasteiger partial charge in [0.1, 0.15) is 11.6 Å². The van der Waals surface area contributed by atoms with Gasteiger partial charge in [0, 0.05) is 30.3 Å². The molecule has 1 unspecified atom stereocenters. The van der Waals surface area contributed by atoms with Crippen LogP contribution in [0, 0.1) is 0 Å². The molecule has 0 bridgehead atoms. The number of anilines is 2. The van der Waals surface area contributed by atoms with E-state index in [-0.39, 0.29) is 6.17 Å². The highest BCUT2D eigenvalue weighted by Gasteiger charge is 2.14. The summed E-state index contributed by atoms with van der Waals surface area (Å²) in [6.07, 6.45) is 4.71. The Morgan fingerprint density at radius 1 is 1.30 bits per heavy atom. The first-order valence-corrected chi connectivity index (χ1v) is 9.05. The van der Waals surface area contributed by atoms with Crippen LogP contribution >= 0.6 is 0 Å². The van der Waals surface area contributed by atoms with Gasteiger partial charge in [0.15, 0.2) is 5.82 Å². The first kappa shape index (κ1) is 18.9. The lowest BCUT2D eigenvalue weighted by molar-refractivity contribution is 0.0672. The summed E-state index contributed by atoms with van der Waals surface area (Å²) in [6, 6.07) is 11.9. The van der Waals surface area contributed by atoms with Gasteiger partial charge in [-0.3, -0.25) is 5.32 Å². The van der Waals surface area contributed by atoms with Crippen molar-refractivity contribution in [3.63, 3.8) is 0 Å². The Labute approximate surface area is 160 Å². The molecule has 4 N–H and O–H groups in total. The van der Waals surface area contributed by atoms with Crippen molar-refractivity contribution in [1.29, 1.82) is 0 Å². The van der Waals surface area contributed by atoms with Crippen LogP contribution in [0.25, 0.3) is 11.4 Å². The normalized spacial score (nSPS) is 17.2. The quantitative estimate of drug-likeness (QED) is 0.535. The minimum absolute atomic E-state index is 0.124. The van der Waals surface area contributed by atoms with Gasteiger partial charge in [-0.15, -0.1) is 0 Å². The number of aromatic nitrogens is 2. The lowest BCUT2D eigenvalue weighted by Crippen LogP contribution is -2.42. The van der Waals surface area contributed by atoms with E-state index in [0.717, 1.165) is 35.9 Å². The van der Waals surface area contributed by atoms with Crippen molar-refractivity contribution in [3.05, 3.63) is 61.0 Å². The maximum absolute atomic E-state index is 5.34. The Bertz CT molecular complexity index is 771.